The molecule has 132 valence electrons. The first kappa shape index (κ1) is 18.5. The van der Waals surface area contributed by atoms with Gasteiger partial charge in [0.2, 0.25) is 0 Å². The first-order valence-corrected chi connectivity index (χ1v) is 7.94. The van der Waals surface area contributed by atoms with Crippen LogP contribution in [0.5, 0.6) is 0 Å². The Morgan fingerprint density at radius 1 is 1.44 bits per heavy atom. The number of carbonyl (C=O) groups excluding carboxylic acids is 1. The highest BCUT2D eigenvalue weighted by atomic mass is 19.3. The van der Waals surface area contributed by atoms with Gasteiger partial charge in [-0.05, 0) is 25.0 Å². The van der Waals surface area contributed by atoms with E-state index in [9.17, 15) is 13.6 Å². The average Bonchev–Trinajstić information content (AvgIpc) is 2.63. The number of aromatic nitrogens is 1. The average molecular weight is 347 g/mol. The van der Waals surface area contributed by atoms with Crippen LogP contribution in [0.3, 0.4) is 0 Å². The van der Waals surface area contributed by atoms with E-state index in [2.05, 4.69) is 21.4 Å². The van der Waals surface area contributed by atoms with Crippen LogP contribution < -0.4 is 11.1 Å². The molecule has 3 N–H and O–H groups in total. The van der Waals surface area contributed by atoms with Crippen LogP contribution in [0.4, 0.5) is 14.5 Å². The van der Waals surface area contributed by atoms with Crippen molar-refractivity contribution in [3.8, 4) is 6.07 Å². The summed E-state index contributed by atoms with van der Waals surface area (Å²) in [6.45, 7) is 0. The molecule has 8 heteroatoms. The highest BCUT2D eigenvalue weighted by Gasteiger charge is 2.23. The molecule has 0 bridgehead atoms. The zero-order valence-corrected chi connectivity index (χ0v) is 13.5. The smallest absolute Gasteiger partial charge is 0.280 e. The van der Waals surface area contributed by atoms with Crippen molar-refractivity contribution in [2.45, 2.75) is 38.2 Å². The molecule has 2 rings (SSSR count). The number of amidine groups is 1. The van der Waals surface area contributed by atoms with Crippen molar-refractivity contribution in [1.29, 1.82) is 5.26 Å². The number of aldehydes is 1. The number of carbonyl (C=O) groups is 1. The number of pyridine rings is 1. The van der Waals surface area contributed by atoms with Gasteiger partial charge in [-0.2, -0.15) is 5.26 Å². The second-order valence-electron chi connectivity index (χ2n) is 5.75. The third kappa shape index (κ3) is 5.08. The molecular weight excluding hydrogens is 328 g/mol. The summed E-state index contributed by atoms with van der Waals surface area (Å²) >= 11 is 0. The summed E-state index contributed by atoms with van der Waals surface area (Å²) < 4.78 is 24.9. The Morgan fingerprint density at radius 3 is 2.80 bits per heavy atom. The molecule has 1 aliphatic carbocycles. The Hall–Kier alpha value is -2.82. The van der Waals surface area contributed by atoms with Crippen LogP contribution >= 0.6 is 0 Å². The van der Waals surface area contributed by atoms with Gasteiger partial charge in [0.1, 0.15) is 11.5 Å². The predicted octanol–water partition coefficient (Wildman–Crippen LogP) is 2.76. The minimum absolute atomic E-state index is 0.0338. The lowest BCUT2D eigenvalue weighted by Gasteiger charge is -2.27. The number of hydrogen-bond donors (Lipinski definition) is 2. The van der Waals surface area contributed by atoms with Crippen LogP contribution in [0.25, 0.3) is 0 Å². The minimum Gasteiger partial charge on any atom is -0.386 e. The molecule has 0 amide bonds. The van der Waals surface area contributed by atoms with Crippen LogP contribution in [0.2, 0.25) is 0 Å². The molecule has 25 heavy (non-hydrogen) atoms. The van der Waals surface area contributed by atoms with Crippen LogP contribution in [0.15, 0.2) is 35.1 Å². The van der Waals surface area contributed by atoms with Crippen molar-refractivity contribution in [2.75, 3.05) is 0 Å². The lowest BCUT2D eigenvalue weighted by Crippen LogP contribution is -2.35. The van der Waals surface area contributed by atoms with Gasteiger partial charge in [0.05, 0.1) is 29.4 Å². The van der Waals surface area contributed by atoms with Gasteiger partial charge in [0, 0.05) is 12.2 Å². The van der Waals surface area contributed by atoms with Crippen LogP contribution in [0.1, 0.15) is 37.8 Å². The number of halogens is 2. The Morgan fingerprint density at radius 2 is 2.20 bits per heavy atom. The molecule has 1 heterocycles. The lowest BCUT2D eigenvalue weighted by atomic mass is 9.85. The Balaban J connectivity index is 2.10. The molecule has 0 aliphatic heterocycles. The maximum absolute atomic E-state index is 12.5. The highest BCUT2D eigenvalue weighted by Crippen LogP contribution is 2.24. The van der Waals surface area contributed by atoms with Crippen LogP contribution in [-0.2, 0) is 4.79 Å². The third-order valence-electron chi connectivity index (χ3n) is 4.05. The number of hydrogen-bond acceptors (Lipinski definition) is 5. The van der Waals surface area contributed by atoms with Gasteiger partial charge in [-0.15, -0.1) is 0 Å². The molecular formula is C17H19F2N5O. The number of rotatable bonds is 6. The minimum atomic E-state index is -2.66. The van der Waals surface area contributed by atoms with Crippen LogP contribution in [-0.4, -0.2) is 23.1 Å². The van der Waals surface area contributed by atoms with Crippen molar-refractivity contribution in [3.05, 3.63) is 35.8 Å². The van der Waals surface area contributed by atoms with Gasteiger partial charge in [0.15, 0.2) is 6.29 Å². The molecule has 0 saturated heterocycles. The fourth-order valence-corrected chi connectivity index (χ4v) is 2.65. The molecule has 1 aromatic rings. The number of nitriles is 1. The second kappa shape index (κ2) is 8.87. The Labute approximate surface area is 144 Å². The summed E-state index contributed by atoms with van der Waals surface area (Å²) in [6, 6.07) is 4.74. The number of nitrogens with zero attached hydrogens (tertiary/aromatic N) is 3. The van der Waals surface area contributed by atoms with E-state index in [1.807, 2.05) is 0 Å². The topological polar surface area (TPSA) is 104 Å². The molecule has 6 nitrogen and oxygen atoms in total. The number of nitrogens with one attached hydrogen (secondary N) is 1. The van der Waals surface area contributed by atoms with Gasteiger partial charge >= 0.3 is 0 Å². The highest BCUT2D eigenvalue weighted by molar-refractivity contribution is 6.13. The summed E-state index contributed by atoms with van der Waals surface area (Å²) in [4.78, 5) is 18.9. The van der Waals surface area contributed by atoms with E-state index in [1.54, 1.807) is 0 Å². The maximum Gasteiger partial charge on any atom is 0.280 e. The quantitative estimate of drug-likeness (QED) is 0.356. The van der Waals surface area contributed by atoms with E-state index in [-0.39, 0.29) is 34.7 Å². The molecule has 0 radical (unpaired) electrons. The summed E-state index contributed by atoms with van der Waals surface area (Å²) in [5.74, 6) is -0.166. The lowest BCUT2D eigenvalue weighted by molar-refractivity contribution is -0.104. The van der Waals surface area contributed by atoms with Gasteiger partial charge in [-0.25, -0.2) is 13.8 Å². The largest absolute Gasteiger partial charge is 0.386 e. The van der Waals surface area contributed by atoms with Crippen molar-refractivity contribution in [1.82, 2.24) is 10.3 Å². The molecule has 0 spiro atoms. The first-order valence-electron chi connectivity index (χ1n) is 7.94. The van der Waals surface area contributed by atoms with Crippen LogP contribution in [0, 0.1) is 17.2 Å². The summed E-state index contributed by atoms with van der Waals surface area (Å²) in [6.07, 6.45) is 4.22. The summed E-state index contributed by atoms with van der Waals surface area (Å²) in [7, 11) is 0. The Bertz CT molecular complexity index is 694. The fourth-order valence-electron chi connectivity index (χ4n) is 2.65. The van der Waals surface area contributed by atoms with E-state index in [4.69, 9.17) is 11.0 Å². The molecule has 2 atom stereocenters. The Kier molecular flexibility index (Phi) is 6.57. The predicted molar refractivity (Wildman–Crippen MR) is 89.1 cm³/mol. The van der Waals surface area contributed by atoms with Gasteiger partial charge < -0.3 is 11.1 Å². The molecule has 1 aromatic heterocycles. The van der Waals surface area contributed by atoms with E-state index < -0.39 is 6.43 Å². The molecule has 1 aliphatic rings. The van der Waals surface area contributed by atoms with Crippen molar-refractivity contribution in [3.63, 3.8) is 0 Å². The van der Waals surface area contributed by atoms with Crippen molar-refractivity contribution < 1.29 is 13.6 Å². The maximum atomic E-state index is 12.5. The van der Waals surface area contributed by atoms with Crippen molar-refractivity contribution in [2.24, 2.45) is 16.6 Å². The molecule has 1 saturated carbocycles. The zero-order chi connectivity index (χ0) is 18.2. The van der Waals surface area contributed by atoms with E-state index in [1.165, 1.54) is 12.3 Å². The number of alkyl halides is 2. The van der Waals surface area contributed by atoms with Crippen molar-refractivity contribution >= 4 is 17.8 Å². The normalized spacial score (nSPS) is 21.7. The van der Waals surface area contributed by atoms with Gasteiger partial charge in [-0.3, -0.25) is 9.78 Å². The standard InChI is InChI=1S/C17H19F2N5O/c18-16(19)15-6-5-13(9-23-15)24-17(21)12(10-25)8-22-14-4-2-1-3-11(14)7-20/h5-6,8-11,14,16,22H,1-4H2,(H2,21,24)/b12-8-. The first-order chi connectivity index (χ1) is 12.0. The second-order valence-corrected chi connectivity index (χ2v) is 5.75. The van der Waals surface area contributed by atoms with E-state index >= 15 is 0 Å². The molecule has 0 aromatic carbocycles. The third-order valence-corrected chi connectivity index (χ3v) is 4.05. The molecule has 2 unspecified atom stereocenters. The molecule has 1 fully saturated rings. The summed E-state index contributed by atoms with van der Waals surface area (Å²) in [5.41, 5.74) is 5.85. The van der Waals surface area contributed by atoms with E-state index in [0.717, 1.165) is 37.9 Å². The fraction of sp³-hybridized carbons (Fsp3) is 0.412. The van der Waals surface area contributed by atoms with E-state index in [0.29, 0.717) is 6.29 Å². The zero-order valence-electron chi connectivity index (χ0n) is 13.5. The van der Waals surface area contributed by atoms with Gasteiger partial charge in [-0.1, -0.05) is 12.8 Å². The monoisotopic (exact) mass is 347 g/mol. The summed E-state index contributed by atoms with van der Waals surface area (Å²) in [5, 5.41) is 12.2. The SMILES string of the molecule is N#CC1CCCCC1N/C=C(/C=O)C(N)=Nc1ccc(C(F)F)nc1. The number of aliphatic imine (C=N–C) groups is 1. The number of nitrogens with two attached hydrogens (primary N) is 1. The van der Waals surface area contributed by atoms with Gasteiger partial charge in [0.25, 0.3) is 6.43 Å².